The van der Waals surface area contributed by atoms with E-state index >= 15 is 0 Å². The van der Waals surface area contributed by atoms with Gasteiger partial charge in [-0.2, -0.15) is 5.10 Å². The lowest BCUT2D eigenvalue weighted by molar-refractivity contribution is -0.118. The highest BCUT2D eigenvalue weighted by atomic mass is 35.5. The van der Waals surface area contributed by atoms with Gasteiger partial charge >= 0.3 is 0 Å². The van der Waals surface area contributed by atoms with Gasteiger partial charge < -0.3 is 15.4 Å². The average Bonchev–Trinajstić information content (AvgIpc) is 3.47. The predicted molar refractivity (Wildman–Crippen MR) is 169 cm³/mol. The van der Waals surface area contributed by atoms with Gasteiger partial charge in [0, 0.05) is 22.2 Å². The molecule has 0 aliphatic rings. The first kappa shape index (κ1) is 28.8. The van der Waals surface area contributed by atoms with E-state index in [0.29, 0.717) is 27.6 Å². The molecule has 0 radical (unpaired) electrons. The first-order valence-electron chi connectivity index (χ1n) is 12.6. The van der Waals surface area contributed by atoms with Crippen molar-refractivity contribution >= 4 is 69.1 Å². The van der Waals surface area contributed by atoms with Crippen molar-refractivity contribution in [3.63, 3.8) is 0 Å². The Kier molecular flexibility index (Phi) is 9.45. The third-order valence-corrected chi connectivity index (χ3v) is 7.20. The first-order chi connectivity index (χ1) is 20.4. The number of hydrazone groups is 1. The van der Waals surface area contributed by atoms with E-state index in [1.165, 1.54) is 17.6 Å². The Bertz CT molecular complexity index is 1730. The highest BCUT2D eigenvalue weighted by molar-refractivity contribution is 7.14. The number of ether oxygens (including phenoxy) is 1. The van der Waals surface area contributed by atoms with Crippen LogP contribution in [0.3, 0.4) is 0 Å². The molecule has 5 aromatic rings. The Morgan fingerprint density at radius 2 is 1.67 bits per heavy atom. The average molecular weight is 617 g/mol. The molecule has 3 N–H and O–H groups in total. The van der Waals surface area contributed by atoms with Crippen molar-refractivity contribution in [3.05, 3.63) is 124 Å². The molecule has 210 valence electrons. The largest absolute Gasteiger partial charge is 0.482 e. The fourth-order valence-corrected chi connectivity index (χ4v) is 4.90. The second-order valence-corrected chi connectivity index (χ2v) is 10.5. The number of hydrogen-bond acceptors (Lipinski definition) is 7. The van der Waals surface area contributed by atoms with Crippen molar-refractivity contribution in [1.82, 2.24) is 10.4 Å². The number of nitrogens with one attached hydrogen (secondary N) is 3. The van der Waals surface area contributed by atoms with Gasteiger partial charge in [-0.15, -0.1) is 11.3 Å². The van der Waals surface area contributed by atoms with Gasteiger partial charge in [0.1, 0.15) is 5.75 Å². The zero-order chi connectivity index (χ0) is 29.3. The molecule has 0 aliphatic heterocycles. The molecule has 8 nitrogen and oxygen atoms in total. The van der Waals surface area contributed by atoms with Crippen LogP contribution >= 0.6 is 34.5 Å². The Hall–Kier alpha value is -4.70. The van der Waals surface area contributed by atoms with Gasteiger partial charge in [0.2, 0.25) is 0 Å². The molecule has 0 bridgehead atoms. The number of halogens is 2. The monoisotopic (exact) mass is 615 g/mol. The maximum atomic E-state index is 12.6. The molecule has 0 spiro atoms. The minimum atomic E-state index is -0.378. The van der Waals surface area contributed by atoms with Crippen molar-refractivity contribution < 1.29 is 14.3 Å². The van der Waals surface area contributed by atoms with Crippen LogP contribution in [-0.4, -0.2) is 29.6 Å². The number of carbonyl (C=O) groups excluding carboxylic acids is 2. The van der Waals surface area contributed by atoms with Gasteiger partial charge in [-0.1, -0.05) is 65.7 Å². The summed E-state index contributed by atoms with van der Waals surface area (Å²) in [5.74, 6) is -0.412. The van der Waals surface area contributed by atoms with Crippen LogP contribution in [0.2, 0.25) is 10.0 Å². The SMILES string of the molecule is O=C(COc1ccc(/C=N/NC(=O)c2ccc(-c3csc(Nc4ccccc4)n3)cc2)cc1Cl)Nc1ccccc1Cl. The first-order valence-corrected chi connectivity index (χ1v) is 14.3. The number of aromatic nitrogens is 1. The van der Waals surface area contributed by atoms with Crippen LogP contribution in [0.15, 0.2) is 108 Å². The lowest BCUT2D eigenvalue weighted by atomic mass is 10.1. The zero-order valence-corrected chi connectivity index (χ0v) is 24.2. The lowest BCUT2D eigenvalue weighted by Gasteiger charge is -2.10. The number of rotatable bonds is 10. The number of thiazole rings is 1. The number of anilines is 3. The van der Waals surface area contributed by atoms with Crippen LogP contribution in [0.1, 0.15) is 15.9 Å². The van der Waals surface area contributed by atoms with E-state index in [2.05, 4.69) is 26.1 Å². The molecule has 11 heteroatoms. The van der Waals surface area contributed by atoms with Crippen molar-refractivity contribution in [2.45, 2.75) is 0 Å². The van der Waals surface area contributed by atoms with Crippen LogP contribution in [0.25, 0.3) is 11.3 Å². The number of hydrogen-bond donors (Lipinski definition) is 3. The number of nitrogens with zero attached hydrogens (tertiary/aromatic N) is 2. The van der Waals surface area contributed by atoms with Crippen molar-refractivity contribution in [3.8, 4) is 17.0 Å². The molecule has 42 heavy (non-hydrogen) atoms. The maximum Gasteiger partial charge on any atom is 0.271 e. The normalized spacial score (nSPS) is 10.8. The highest BCUT2D eigenvalue weighted by Gasteiger charge is 2.10. The Labute approximate surface area is 256 Å². The van der Waals surface area contributed by atoms with Crippen LogP contribution in [-0.2, 0) is 4.79 Å². The smallest absolute Gasteiger partial charge is 0.271 e. The molecule has 1 heterocycles. The third kappa shape index (κ3) is 7.73. The third-order valence-electron chi connectivity index (χ3n) is 5.81. The Morgan fingerprint density at radius 1 is 0.905 bits per heavy atom. The molecular weight excluding hydrogens is 593 g/mol. The summed E-state index contributed by atoms with van der Waals surface area (Å²) in [6.45, 7) is -0.249. The summed E-state index contributed by atoms with van der Waals surface area (Å²) in [5, 5.41) is 13.4. The Balaban J connectivity index is 1.11. The number of amides is 2. The molecule has 5 rings (SSSR count). The summed E-state index contributed by atoms with van der Waals surface area (Å²) in [5.41, 5.74) is 6.76. The summed E-state index contributed by atoms with van der Waals surface area (Å²) in [6.07, 6.45) is 1.46. The predicted octanol–water partition coefficient (Wildman–Crippen LogP) is 7.64. The number of carbonyl (C=O) groups is 2. The van der Waals surface area contributed by atoms with E-state index in [9.17, 15) is 9.59 Å². The summed E-state index contributed by atoms with van der Waals surface area (Å²) >= 11 is 13.9. The van der Waals surface area contributed by atoms with E-state index in [4.69, 9.17) is 27.9 Å². The standard InChI is InChI=1S/C31H23Cl2N5O3S/c32-24-8-4-5-9-26(24)36-29(39)18-41-28-15-10-20(16-25(28)33)17-34-38-30(40)22-13-11-21(12-14-22)27-19-42-31(37-27)35-23-6-2-1-3-7-23/h1-17,19H,18H2,(H,35,37)(H,36,39)(H,38,40)/b34-17+. The van der Waals surface area contributed by atoms with Gasteiger partial charge in [-0.05, 0) is 60.2 Å². The second-order valence-electron chi connectivity index (χ2n) is 8.81. The van der Waals surface area contributed by atoms with E-state index in [1.54, 1.807) is 54.6 Å². The quantitative estimate of drug-likeness (QED) is 0.111. The molecule has 0 aliphatic carbocycles. The Morgan fingerprint density at radius 3 is 2.43 bits per heavy atom. The maximum absolute atomic E-state index is 12.6. The lowest BCUT2D eigenvalue weighted by Crippen LogP contribution is -2.20. The van der Waals surface area contributed by atoms with Crippen molar-refractivity contribution in [1.29, 1.82) is 0 Å². The minimum Gasteiger partial charge on any atom is -0.482 e. The molecule has 0 saturated heterocycles. The van der Waals surface area contributed by atoms with Gasteiger partial charge in [-0.25, -0.2) is 10.4 Å². The molecule has 0 saturated carbocycles. The summed E-state index contributed by atoms with van der Waals surface area (Å²) in [6, 6.07) is 28.8. The molecule has 1 aromatic heterocycles. The van der Waals surface area contributed by atoms with Crippen LogP contribution in [0.4, 0.5) is 16.5 Å². The summed E-state index contributed by atoms with van der Waals surface area (Å²) in [4.78, 5) is 29.4. The number of para-hydroxylation sites is 2. The molecule has 2 amide bonds. The topological polar surface area (TPSA) is 105 Å². The molecule has 0 unspecified atom stereocenters. The van der Waals surface area contributed by atoms with E-state index in [1.807, 2.05) is 47.8 Å². The summed E-state index contributed by atoms with van der Waals surface area (Å²) in [7, 11) is 0. The molecular formula is C31H23Cl2N5O3S. The van der Waals surface area contributed by atoms with Crippen LogP contribution in [0.5, 0.6) is 5.75 Å². The van der Waals surface area contributed by atoms with Crippen molar-refractivity contribution in [2.75, 3.05) is 17.2 Å². The summed E-state index contributed by atoms with van der Waals surface area (Å²) < 4.78 is 5.53. The van der Waals surface area contributed by atoms with E-state index < -0.39 is 0 Å². The van der Waals surface area contributed by atoms with Crippen LogP contribution < -0.4 is 20.8 Å². The van der Waals surface area contributed by atoms with E-state index in [0.717, 1.165) is 22.1 Å². The van der Waals surface area contributed by atoms with Crippen LogP contribution in [0, 0.1) is 0 Å². The molecule has 4 aromatic carbocycles. The molecule has 0 fully saturated rings. The zero-order valence-electron chi connectivity index (χ0n) is 21.9. The van der Waals surface area contributed by atoms with Gasteiger partial charge in [0.05, 0.1) is 27.6 Å². The number of benzene rings is 4. The van der Waals surface area contributed by atoms with Gasteiger partial charge in [-0.3, -0.25) is 9.59 Å². The fraction of sp³-hybridized carbons (Fsp3) is 0.0323. The highest BCUT2D eigenvalue weighted by Crippen LogP contribution is 2.28. The second kappa shape index (κ2) is 13.8. The van der Waals surface area contributed by atoms with E-state index in [-0.39, 0.29) is 23.4 Å². The minimum absolute atomic E-state index is 0.249. The van der Waals surface area contributed by atoms with Gasteiger partial charge in [0.25, 0.3) is 11.8 Å². The van der Waals surface area contributed by atoms with Crippen molar-refractivity contribution in [2.24, 2.45) is 5.10 Å². The fourth-order valence-electron chi connectivity index (χ4n) is 3.74. The van der Waals surface area contributed by atoms with Gasteiger partial charge in [0.15, 0.2) is 11.7 Å². The molecule has 0 atom stereocenters.